The summed E-state index contributed by atoms with van der Waals surface area (Å²) in [5.74, 6) is 0.768. The molecule has 0 spiro atoms. The van der Waals surface area contributed by atoms with E-state index in [0.717, 1.165) is 22.2 Å². The number of hydrogen-bond acceptors (Lipinski definition) is 2. The van der Waals surface area contributed by atoms with Gasteiger partial charge in [0.1, 0.15) is 10.7 Å². The van der Waals surface area contributed by atoms with Crippen LogP contribution in [0.1, 0.15) is 51.5 Å². The lowest BCUT2D eigenvalue weighted by molar-refractivity contribution is 0.206. The molecule has 1 atom stereocenters. The molecule has 19 heavy (non-hydrogen) atoms. The van der Waals surface area contributed by atoms with Gasteiger partial charge in [-0.2, -0.15) is 0 Å². The van der Waals surface area contributed by atoms with Gasteiger partial charge in [-0.25, -0.2) is 0 Å². The molecule has 0 aliphatic rings. The van der Waals surface area contributed by atoms with Crippen LogP contribution >= 0.6 is 28.1 Å². The van der Waals surface area contributed by atoms with Crippen molar-refractivity contribution < 1.29 is 4.74 Å². The van der Waals surface area contributed by atoms with E-state index in [2.05, 4.69) is 29.8 Å². The van der Waals surface area contributed by atoms with Crippen molar-refractivity contribution in [1.29, 1.82) is 0 Å². The Morgan fingerprint density at radius 3 is 2.74 bits per heavy atom. The van der Waals surface area contributed by atoms with E-state index < -0.39 is 0 Å². The fourth-order valence-electron chi connectivity index (χ4n) is 1.93. The predicted molar refractivity (Wildman–Crippen MR) is 88.9 cm³/mol. The Labute approximate surface area is 129 Å². The number of halogens is 1. The van der Waals surface area contributed by atoms with E-state index in [4.69, 9.17) is 22.7 Å². The number of nitrogens with two attached hydrogens (primary N) is 1. The molecule has 0 saturated heterocycles. The van der Waals surface area contributed by atoms with Gasteiger partial charge in [0.15, 0.2) is 0 Å². The zero-order chi connectivity index (χ0) is 14.3. The largest absolute Gasteiger partial charge is 0.490 e. The van der Waals surface area contributed by atoms with Crippen molar-refractivity contribution in [3.05, 3.63) is 28.2 Å². The van der Waals surface area contributed by atoms with Gasteiger partial charge in [-0.15, -0.1) is 0 Å². The third-order valence-corrected chi connectivity index (χ3v) is 3.71. The molecule has 106 valence electrons. The molecule has 1 rings (SSSR count). The zero-order valence-corrected chi connectivity index (χ0v) is 14.0. The molecule has 0 heterocycles. The molecule has 0 aromatic heterocycles. The first kappa shape index (κ1) is 16.4. The summed E-state index contributed by atoms with van der Waals surface area (Å²) >= 11 is 8.49. The van der Waals surface area contributed by atoms with E-state index in [-0.39, 0.29) is 6.10 Å². The van der Waals surface area contributed by atoms with Gasteiger partial charge in [0.2, 0.25) is 0 Å². The van der Waals surface area contributed by atoms with Crippen molar-refractivity contribution in [2.75, 3.05) is 0 Å². The molecule has 4 heteroatoms. The van der Waals surface area contributed by atoms with Gasteiger partial charge in [0.05, 0.1) is 11.7 Å². The Kier molecular flexibility index (Phi) is 7.39. The van der Waals surface area contributed by atoms with Gasteiger partial charge in [0, 0.05) is 4.47 Å². The highest BCUT2D eigenvalue weighted by molar-refractivity contribution is 9.10. The summed E-state index contributed by atoms with van der Waals surface area (Å²) in [6.07, 6.45) is 6.26. The average Bonchev–Trinajstić information content (AvgIpc) is 2.34. The number of benzene rings is 1. The van der Waals surface area contributed by atoms with Crippen LogP contribution in [0.2, 0.25) is 0 Å². The quantitative estimate of drug-likeness (QED) is 0.542. The molecule has 2 N–H and O–H groups in total. The minimum absolute atomic E-state index is 0.180. The molecule has 0 aliphatic heterocycles. The Hall–Kier alpha value is -0.610. The first-order chi connectivity index (χ1) is 9.04. The maximum atomic E-state index is 5.97. The molecule has 1 aromatic rings. The maximum absolute atomic E-state index is 5.97. The topological polar surface area (TPSA) is 35.2 Å². The highest BCUT2D eigenvalue weighted by atomic mass is 79.9. The summed E-state index contributed by atoms with van der Waals surface area (Å²) in [5.41, 5.74) is 6.52. The number of ether oxygens (including phenoxy) is 1. The van der Waals surface area contributed by atoms with Gasteiger partial charge in [0.25, 0.3) is 0 Å². The lowest BCUT2D eigenvalue weighted by Gasteiger charge is -2.17. The second-order valence-corrected chi connectivity index (χ2v) is 6.14. The first-order valence-electron chi connectivity index (χ1n) is 6.80. The lowest BCUT2D eigenvalue weighted by atomic mass is 10.1. The number of hydrogen-bond donors (Lipinski definition) is 1. The van der Waals surface area contributed by atoms with Gasteiger partial charge < -0.3 is 10.5 Å². The van der Waals surface area contributed by atoms with Gasteiger partial charge >= 0.3 is 0 Å². The monoisotopic (exact) mass is 343 g/mol. The second kappa shape index (κ2) is 8.54. The van der Waals surface area contributed by atoms with Crippen molar-refractivity contribution in [1.82, 2.24) is 0 Å². The summed E-state index contributed by atoms with van der Waals surface area (Å²) in [6.45, 7) is 4.31. The van der Waals surface area contributed by atoms with Crippen LogP contribution in [0.5, 0.6) is 5.75 Å². The molecule has 0 fully saturated rings. The lowest BCUT2D eigenvalue weighted by Crippen LogP contribution is -2.16. The molecule has 2 nitrogen and oxygen atoms in total. The van der Waals surface area contributed by atoms with Crippen LogP contribution < -0.4 is 10.5 Å². The van der Waals surface area contributed by atoms with Crippen molar-refractivity contribution in [2.24, 2.45) is 5.73 Å². The van der Waals surface area contributed by atoms with Crippen LogP contribution in [0.4, 0.5) is 0 Å². The van der Waals surface area contributed by atoms with Crippen LogP contribution in [0.25, 0.3) is 0 Å². The van der Waals surface area contributed by atoms with Gasteiger partial charge in [-0.3, -0.25) is 0 Å². The molecule has 1 unspecified atom stereocenters. The number of thiocarbonyl (C=S) groups is 1. The van der Waals surface area contributed by atoms with Crippen molar-refractivity contribution >= 4 is 33.1 Å². The van der Waals surface area contributed by atoms with Crippen LogP contribution in [-0.2, 0) is 0 Å². The summed E-state index contributed by atoms with van der Waals surface area (Å²) in [5, 5.41) is 0. The number of rotatable bonds is 8. The van der Waals surface area contributed by atoms with Crippen LogP contribution in [-0.4, -0.2) is 11.1 Å². The summed E-state index contributed by atoms with van der Waals surface area (Å²) in [4.78, 5) is 0.376. The molecular weight excluding hydrogens is 322 g/mol. The summed E-state index contributed by atoms with van der Waals surface area (Å²) in [7, 11) is 0. The van der Waals surface area contributed by atoms with E-state index in [1.165, 1.54) is 25.7 Å². The Morgan fingerprint density at radius 2 is 2.11 bits per heavy atom. The van der Waals surface area contributed by atoms with Crippen LogP contribution in [0.15, 0.2) is 22.7 Å². The van der Waals surface area contributed by atoms with E-state index >= 15 is 0 Å². The molecular formula is C15H22BrNOS. The molecule has 0 bridgehead atoms. The fourth-order valence-corrected chi connectivity index (χ4v) is 2.44. The Bertz CT molecular complexity index is 423. The van der Waals surface area contributed by atoms with Gasteiger partial charge in [-0.1, -0.05) is 54.3 Å². The summed E-state index contributed by atoms with van der Waals surface area (Å²) < 4.78 is 6.94. The number of unbranched alkanes of at least 4 members (excludes halogenated alkanes) is 3. The summed E-state index contributed by atoms with van der Waals surface area (Å²) in [6, 6.07) is 5.75. The SMILES string of the molecule is CCCCCCC(C)Oc1cc(Br)ccc1C(N)=S. The van der Waals surface area contributed by atoms with E-state index in [0.29, 0.717) is 4.99 Å². The first-order valence-corrected chi connectivity index (χ1v) is 8.00. The minimum atomic E-state index is 0.180. The molecule has 0 saturated carbocycles. The second-order valence-electron chi connectivity index (χ2n) is 4.78. The van der Waals surface area contributed by atoms with Crippen LogP contribution in [0.3, 0.4) is 0 Å². The van der Waals surface area contributed by atoms with Crippen molar-refractivity contribution in [3.8, 4) is 5.75 Å². The Balaban J connectivity index is 2.60. The highest BCUT2D eigenvalue weighted by Crippen LogP contribution is 2.25. The van der Waals surface area contributed by atoms with Gasteiger partial charge in [-0.05, 0) is 38.0 Å². The van der Waals surface area contributed by atoms with E-state index in [1.54, 1.807) is 0 Å². The Morgan fingerprint density at radius 1 is 1.37 bits per heavy atom. The van der Waals surface area contributed by atoms with E-state index in [9.17, 15) is 0 Å². The average molecular weight is 344 g/mol. The molecule has 0 radical (unpaired) electrons. The minimum Gasteiger partial charge on any atom is -0.490 e. The zero-order valence-electron chi connectivity index (χ0n) is 11.6. The normalized spacial score (nSPS) is 12.2. The van der Waals surface area contributed by atoms with Crippen molar-refractivity contribution in [2.45, 2.75) is 52.1 Å². The maximum Gasteiger partial charge on any atom is 0.130 e. The highest BCUT2D eigenvalue weighted by Gasteiger charge is 2.11. The third-order valence-electron chi connectivity index (χ3n) is 3.00. The van der Waals surface area contributed by atoms with Crippen molar-refractivity contribution in [3.63, 3.8) is 0 Å². The third kappa shape index (κ3) is 5.91. The smallest absolute Gasteiger partial charge is 0.130 e. The van der Waals surface area contributed by atoms with Crippen LogP contribution in [0, 0.1) is 0 Å². The molecule has 0 amide bonds. The standard InChI is InChI=1S/C15H22BrNOS/c1-3-4-5-6-7-11(2)18-14-10-12(16)8-9-13(14)15(17)19/h8-11H,3-7H2,1-2H3,(H2,17,19). The fraction of sp³-hybridized carbons (Fsp3) is 0.533. The molecule has 1 aromatic carbocycles. The van der Waals surface area contributed by atoms with E-state index in [1.807, 2.05) is 18.2 Å². The molecule has 0 aliphatic carbocycles. The predicted octanol–water partition coefficient (Wildman–Crippen LogP) is 4.82.